The van der Waals surface area contributed by atoms with Gasteiger partial charge < -0.3 is 10.2 Å². The van der Waals surface area contributed by atoms with Gasteiger partial charge in [-0.05, 0) is 26.3 Å². The molecule has 1 aliphatic heterocycles. The smallest absolute Gasteiger partial charge is 0.245 e. The van der Waals surface area contributed by atoms with Crippen molar-refractivity contribution in [1.29, 1.82) is 0 Å². The highest BCUT2D eigenvalue weighted by Gasteiger charge is 2.33. The third-order valence-corrected chi connectivity index (χ3v) is 3.94. The van der Waals surface area contributed by atoms with Crippen LogP contribution in [0.4, 0.5) is 0 Å². The Kier molecular flexibility index (Phi) is 4.65. The molecular formula is C15H24N4O2. The third-order valence-electron chi connectivity index (χ3n) is 3.94. The number of aromatic nitrogens is 2. The highest BCUT2D eigenvalue weighted by molar-refractivity contribution is 5.90. The maximum absolute atomic E-state index is 12.7. The average molecular weight is 292 g/mol. The topological polar surface area (TPSA) is 67.2 Å². The molecule has 2 rings (SSSR count). The Morgan fingerprint density at radius 2 is 2.14 bits per heavy atom. The fraction of sp³-hybridized carbons (Fsp3) is 0.667. The molecule has 1 saturated heterocycles. The Hall–Kier alpha value is -1.85. The van der Waals surface area contributed by atoms with Crippen LogP contribution in [0.25, 0.3) is 0 Å². The van der Waals surface area contributed by atoms with Crippen molar-refractivity contribution in [3.8, 4) is 0 Å². The summed E-state index contributed by atoms with van der Waals surface area (Å²) in [6, 6.07) is 1.48. The fourth-order valence-electron chi connectivity index (χ4n) is 2.82. The zero-order chi connectivity index (χ0) is 15.6. The number of amides is 2. The van der Waals surface area contributed by atoms with Gasteiger partial charge in [0.05, 0.1) is 17.9 Å². The van der Waals surface area contributed by atoms with Crippen LogP contribution in [0.1, 0.15) is 44.5 Å². The van der Waals surface area contributed by atoms with E-state index in [0.717, 1.165) is 17.8 Å². The van der Waals surface area contributed by atoms with Crippen molar-refractivity contribution in [2.75, 3.05) is 0 Å². The summed E-state index contributed by atoms with van der Waals surface area (Å²) in [6.45, 7) is 6.37. The molecule has 1 aliphatic rings. The van der Waals surface area contributed by atoms with Gasteiger partial charge in [-0.15, -0.1) is 0 Å². The van der Waals surface area contributed by atoms with Gasteiger partial charge >= 0.3 is 0 Å². The number of carbonyl (C=O) groups excluding carboxylic acids is 2. The summed E-state index contributed by atoms with van der Waals surface area (Å²) in [4.78, 5) is 26.4. The van der Waals surface area contributed by atoms with Gasteiger partial charge in [-0.25, -0.2) is 0 Å². The Balaban J connectivity index is 2.23. The van der Waals surface area contributed by atoms with Gasteiger partial charge in [0.15, 0.2) is 0 Å². The number of carbonyl (C=O) groups is 2. The predicted octanol–water partition coefficient (Wildman–Crippen LogP) is 1.13. The highest BCUT2D eigenvalue weighted by atomic mass is 16.2. The van der Waals surface area contributed by atoms with Crippen LogP contribution in [0, 0.1) is 6.92 Å². The first kappa shape index (κ1) is 15.5. The molecule has 2 atom stereocenters. The number of hydrogen-bond acceptors (Lipinski definition) is 3. The minimum absolute atomic E-state index is 0.00838. The zero-order valence-corrected chi connectivity index (χ0v) is 13.2. The number of aryl methyl sites for hydroxylation is 2. The molecule has 1 fully saturated rings. The van der Waals surface area contributed by atoms with E-state index in [0.29, 0.717) is 19.4 Å². The molecule has 0 aliphatic carbocycles. The number of nitrogens with one attached hydrogen (secondary N) is 1. The Labute approximate surface area is 125 Å². The second kappa shape index (κ2) is 6.28. The van der Waals surface area contributed by atoms with Gasteiger partial charge in [0.2, 0.25) is 11.8 Å². The number of hydrogen-bond donors (Lipinski definition) is 1. The summed E-state index contributed by atoms with van der Waals surface area (Å²) in [5.41, 5.74) is 1.92. The zero-order valence-electron chi connectivity index (χ0n) is 13.2. The summed E-state index contributed by atoms with van der Waals surface area (Å²) in [7, 11) is 1.88. The number of rotatable bonds is 4. The van der Waals surface area contributed by atoms with Gasteiger partial charge in [0.25, 0.3) is 0 Å². The minimum atomic E-state index is -0.401. The van der Waals surface area contributed by atoms with Crippen molar-refractivity contribution in [2.45, 2.75) is 58.7 Å². The number of nitrogens with zero attached hydrogens (tertiary/aromatic N) is 3. The van der Waals surface area contributed by atoms with Crippen molar-refractivity contribution >= 4 is 11.8 Å². The minimum Gasteiger partial charge on any atom is -0.344 e. The van der Waals surface area contributed by atoms with Crippen LogP contribution in [0.2, 0.25) is 0 Å². The molecule has 2 amide bonds. The third kappa shape index (κ3) is 3.43. The molecule has 0 saturated carbocycles. The van der Waals surface area contributed by atoms with Crippen molar-refractivity contribution in [3.05, 3.63) is 17.5 Å². The van der Waals surface area contributed by atoms with E-state index in [-0.39, 0.29) is 17.9 Å². The molecular weight excluding hydrogens is 268 g/mol. The lowest BCUT2D eigenvalue weighted by Gasteiger charge is -2.28. The first-order chi connectivity index (χ1) is 9.92. The molecule has 2 unspecified atom stereocenters. The quantitative estimate of drug-likeness (QED) is 0.904. The average Bonchev–Trinajstić information content (AvgIpc) is 2.67. The van der Waals surface area contributed by atoms with Gasteiger partial charge in [-0.2, -0.15) is 5.10 Å². The van der Waals surface area contributed by atoms with Crippen LogP contribution in [0.15, 0.2) is 6.07 Å². The molecule has 6 nitrogen and oxygen atoms in total. The molecule has 2 heterocycles. The Morgan fingerprint density at radius 1 is 1.43 bits per heavy atom. The van der Waals surface area contributed by atoms with Crippen molar-refractivity contribution in [2.24, 2.45) is 7.05 Å². The molecule has 0 spiro atoms. The highest BCUT2D eigenvalue weighted by Crippen LogP contribution is 2.17. The van der Waals surface area contributed by atoms with Crippen molar-refractivity contribution in [1.82, 2.24) is 20.0 Å². The molecule has 116 valence electrons. The van der Waals surface area contributed by atoms with Crippen molar-refractivity contribution in [3.63, 3.8) is 0 Å². The first-order valence-electron chi connectivity index (χ1n) is 7.51. The van der Waals surface area contributed by atoms with E-state index >= 15 is 0 Å². The van der Waals surface area contributed by atoms with Gasteiger partial charge in [-0.3, -0.25) is 14.3 Å². The van der Waals surface area contributed by atoms with Gasteiger partial charge in [-0.1, -0.05) is 13.3 Å². The fourth-order valence-corrected chi connectivity index (χ4v) is 2.82. The van der Waals surface area contributed by atoms with Crippen LogP contribution in [-0.4, -0.2) is 38.6 Å². The summed E-state index contributed by atoms with van der Waals surface area (Å²) in [5.74, 6) is -0.0351. The van der Waals surface area contributed by atoms with E-state index in [9.17, 15) is 9.59 Å². The molecule has 6 heteroatoms. The summed E-state index contributed by atoms with van der Waals surface area (Å²) < 4.78 is 1.80. The molecule has 1 aromatic heterocycles. The standard InChI is InChI=1S/C15H24N4O2/c1-5-6-13-15(21)19(11(3)8-14(20)16-13)9-12-7-10(2)17-18(12)4/h7,11,13H,5-6,8-9H2,1-4H3,(H,16,20). The van der Waals surface area contributed by atoms with Crippen LogP contribution in [-0.2, 0) is 23.2 Å². The van der Waals surface area contributed by atoms with Crippen molar-refractivity contribution < 1.29 is 9.59 Å². The summed E-state index contributed by atoms with van der Waals surface area (Å²) in [6.07, 6.45) is 1.89. The van der Waals surface area contributed by atoms with Crippen LogP contribution < -0.4 is 5.32 Å². The van der Waals surface area contributed by atoms with E-state index < -0.39 is 6.04 Å². The maximum atomic E-state index is 12.7. The SMILES string of the molecule is CCCC1NC(=O)CC(C)N(Cc2cc(C)nn2C)C1=O. The summed E-state index contributed by atoms with van der Waals surface area (Å²) in [5, 5.41) is 7.16. The van der Waals surface area contributed by atoms with E-state index in [1.54, 1.807) is 9.58 Å². The predicted molar refractivity (Wildman–Crippen MR) is 79.4 cm³/mol. The lowest BCUT2D eigenvalue weighted by molar-refractivity contribution is -0.135. The molecule has 0 bridgehead atoms. The van der Waals surface area contributed by atoms with E-state index in [2.05, 4.69) is 10.4 Å². The van der Waals surface area contributed by atoms with Crippen LogP contribution >= 0.6 is 0 Å². The molecule has 21 heavy (non-hydrogen) atoms. The maximum Gasteiger partial charge on any atom is 0.245 e. The first-order valence-corrected chi connectivity index (χ1v) is 7.51. The van der Waals surface area contributed by atoms with E-state index in [1.807, 2.05) is 33.9 Å². The van der Waals surface area contributed by atoms with Gasteiger partial charge in [0, 0.05) is 19.5 Å². The van der Waals surface area contributed by atoms with Crippen LogP contribution in [0.5, 0.6) is 0 Å². The molecule has 1 N–H and O–H groups in total. The van der Waals surface area contributed by atoms with Crippen LogP contribution in [0.3, 0.4) is 0 Å². The largest absolute Gasteiger partial charge is 0.344 e. The lowest BCUT2D eigenvalue weighted by Crippen LogP contribution is -2.46. The monoisotopic (exact) mass is 292 g/mol. The second-order valence-electron chi connectivity index (χ2n) is 5.83. The molecule has 0 aromatic carbocycles. The Morgan fingerprint density at radius 3 is 2.71 bits per heavy atom. The van der Waals surface area contributed by atoms with E-state index in [4.69, 9.17) is 0 Å². The molecule has 0 radical (unpaired) electrons. The Bertz CT molecular complexity index is 538. The molecule has 1 aromatic rings. The second-order valence-corrected chi connectivity index (χ2v) is 5.83. The lowest BCUT2D eigenvalue weighted by atomic mass is 10.1. The van der Waals surface area contributed by atoms with E-state index in [1.165, 1.54) is 0 Å². The summed E-state index contributed by atoms with van der Waals surface area (Å²) >= 11 is 0. The van der Waals surface area contributed by atoms with Gasteiger partial charge in [0.1, 0.15) is 6.04 Å². The normalized spacial score (nSPS) is 23.1.